The largest absolute Gasteiger partial charge is 0.416 e. The highest BCUT2D eigenvalue weighted by Crippen LogP contribution is 2.61. The number of nitrogens with zero attached hydrogens (tertiary/aromatic N) is 2. The van der Waals surface area contributed by atoms with Crippen molar-refractivity contribution in [3.63, 3.8) is 0 Å². The van der Waals surface area contributed by atoms with Crippen LogP contribution in [0.2, 0.25) is 0 Å². The van der Waals surface area contributed by atoms with Crippen molar-refractivity contribution < 1.29 is 22.8 Å². The van der Waals surface area contributed by atoms with E-state index >= 15 is 0 Å². The number of alkyl halides is 3. The van der Waals surface area contributed by atoms with E-state index < -0.39 is 22.1 Å². The Morgan fingerprint density at radius 3 is 2.50 bits per heavy atom. The molecule has 0 aromatic heterocycles. The van der Waals surface area contributed by atoms with Gasteiger partial charge < -0.3 is 4.90 Å². The van der Waals surface area contributed by atoms with Gasteiger partial charge in [-0.15, -0.1) is 11.8 Å². The molecule has 0 N–H and O–H groups in total. The van der Waals surface area contributed by atoms with Crippen molar-refractivity contribution in [3.05, 3.63) is 58.7 Å². The van der Waals surface area contributed by atoms with Gasteiger partial charge in [0.2, 0.25) is 10.8 Å². The van der Waals surface area contributed by atoms with E-state index in [2.05, 4.69) is 13.0 Å². The molecular formula is C24H23F3N2O2S. The fourth-order valence-electron chi connectivity index (χ4n) is 5.56. The Morgan fingerprint density at radius 2 is 1.81 bits per heavy atom. The molecule has 0 radical (unpaired) electrons. The average Bonchev–Trinajstić information content (AvgIpc) is 3.16. The van der Waals surface area contributed by atoms with Gasteiger partial charge in [-0.25, -0.2) is 0 Å². The van der Waals surface area contributed by atoms with E-state index in [-0.39, 0.29) is 29.2 Å². The van der Waals surface area contributed by atoms with Gasteiger partial charge in [0.05, 0.1) is 17.0 Å². The van der Waals surface area contributed by atoms with E-state index in [1.165, 1.54) is 28.8 Å². The highest BCUT2D eigenvalue weighted by atomic mass is 32.2. The minimum absolute atomic E-state index is 0.0223. The maximum absolute atomic E-state index is 14.1. The molecule has 1 saturated heterocycles. The third-order valence-electron chi connectivity index (χ3n) is 6.71. The van der Waals surface area contributed by atoms with E-state index in [9.17, 15) is 22.8 Å². The number of fused-ring (bicyclic) bond motifs is 1. The van der Waals surface area contributed by atoms with Gasteiger partial charge in [0.1, 0.15) is 0 Å². The molecular weight excluding hydrogens is 437 g/mol. The summed E-state index contributed by atoms with van der Waals surface area (Å²) in [6, 6.07) is 8.69. The first kappa shape index (κ1) is 21.4. The van der Waals surface area contributed by atoms with E-state index in [4.69, 9.17) is 0 Å². The van der Waals surface area contributed by atoms with Gasteiger partial charge >= 0.3 is 6.18 Å². The molecule has 5 rings (SSSR count). The number of hydrogen-bond acceptors (Lipinski definition) is 3. The van der Waals surface area contributed by atoms with Crippen LogP contribution in [0.15, 0.2) is 36.4 Å². The smallest absolute Gasteiger partial charge is 0.303 e. The Kier molecular flexibility index (Phi) is 4.36. The fraction of sp³-hybridized carbons (Fsp3) is 0.417. The van der Waals surface area contributed by atoms with Gasteiger partial charge in [0.15, 0.2) is 0 Å². The molecule has 2 amide bonds. The molecule has 0 saturated carbocycles. The van der Waals surface area contributed by atoms with Crippen molar-refractivity contribution in [1.82, 2.24) is 0 Å². The quantitative estimate of drug-likeness (QED) is 0.558. The maximum atomic E-state index is 14.1. The zero-order chi connectivity index (χ0) is 23.2. The lowest BCUT2D eigenvalue weighted by molar-refractivity contribution is -0.137. The van der Waals surface area contributed by atoms with Crippen LogP contribution in [0.4, 0.5) is 24.5 Å². The van der Waals surface area contributed by atoms with Gasteiger partial charge in [-0.1, -0.05) is 30.7 Å². The summed E-state index contributed by atoms with van der Waals surface area (Å²) in [5.41, 5.74) is 2.28. The predicted octanol–water partition coefficient (Wildman–Crippen LogP) is 5.58. The van der Waals surface area contributed by atoms with Crippen LogP contribution in [-0.2, 0) is 20.6 Å². The van der Waals surface area contributed by atoms with Gasteiger partial charge in [0, 0.05) is 16.8 Å². The van der Waals surface area contributed by atoms with Crippen molar-refractivity contribution >= 4 is 35.0 Å². The molecule has 0 aliphatic carbocycles. The van der Waals surface area contributed by atoms with Gasteiger partial charge in [-0.3, -0.25) is 14.5 Å². The number of halogens is 3. The van der Waals surface area contributed by atoms with Crippen LogP contribution >= 0.6 is 11.8 Å². The Hall–Kier alpha value is -2.48. The van der Waals surface area contributed by atoms with Crippen molar-refractivity contribution in [2.45, 2.75) is 56.6 Å². The molecule has 2 aromatic carbocycles. The number of thioether (sulfide) groups is 1. The minimum atomic E-state index is -4.55. The number of aryl methyl sites for hydroxylation is 1. The van der Waals surface area contributed by atoms with Crippen LogP contribution < -0.4 is 9.80 Å². The number of carbonyl (C=O) groups is 2. The van der Waals surface area contributed by atoms with Crippen LogP contribution in [0, 0.1) is 6.92 Å². The lowest BCUT2D eigenvalue weighted by Gasteiger charge is -2.44. The highest BCUT2D eigenvalue weighted by molar-refractivity contribution is 8.02. The Labute approximate surface area is 188 Å². The minimum Gasteiger partial charge on any atom is -0.303 e. The van der Waals surface area contributed by atoms with Crippen molar-refractivity contribution in [3.8, 4) is 0 Å². The van der Waals surface area contributed by atoms with Crippen LogP contribution in [0.5, 0.6) is 0 Å². The van der Waals surface area contributed by atoms with Crippen LogP contribution in [0.1, 0.15) is 55.4 Å². The summed E-state index contributed by atoms with van der Waals surface area (Å²) in [5.74, 6) is -0.399. The lowest BCUT2D eigenvalue weighted by atomic mass is 9.80. The molecule has 0 bridgehead atoms. The Bertz CT molecular complexity index is 1180. The van der Waals surface area contributed by atoms with Gasteiger partial charge in [-0.2, -0.15) is 13.2 Å². The Morgan fingerprint density at radius 1 is 1.09 bits per heavy atom. The topological polar surface area (TPSA) is 40.6 Å². The zero-order valence-corrected chi connectivity index (χ0v) is 19.0. The molecule has 168 valence electrons. The van der Waals surface area contributed by atoms with Crippen molar-refractivity contribution in [2.75, 3.05) is 15.6 Å². The number of amides is 2. The van der Waals surface area contributed by atoms with E-state index in [1.807, 2.05) is 26.8 Å². The van der Waals surface area contributed by atoms with Crippen LogP contribution in [0.3, 0.4) is 0 Å². The summed E-state index contributed by atoms with van der Waals surface area (Å²) in [4.78, 5) is 28.9. The number of rotatable bonds is 1. The summed E-state index contributed by atoms with van der Waals surface area (Å²) in [7, 11) is 0. The first-order valence-corrected chi connectivity index (χ1v) is 11.5. The van der Waals surface area contributed by atoms with Crippen molar-refractivity contribution in [1.29, 1.82) is 0 Å². The average molecular weight is 461 g/mol. The molecule has 0 unspecified atom stereocenters. The van der Waals surface area contributed by atoms with E-state index in [0.29, 0.717) is 5.56 Å². The highest BCUT2D eigenvalue weighted by Gasteiger charge is 2.64. The third-order valence-corrected chi connectivity index (χ3v) is 8.09. The lowest BCUT2D eigenvalue weighted by Crippen LogP contribution is -2.56. The first-order chi connectivity index (χ1) is 14.9. The maximum Gasteiger partial charge on any atom is 0.416 e. The second-order valence-electron chi connectivity index (χ2n) is 9.52. The molecule has 3 aliphatic rings. The Balaban J connectivity index is 1.78. The summed E-state index contributed by atoms with van der Waals surface area (Å²) in [5, 5.41) is 0. The van der Waals surface area contributed by atoms with Gasteiger partial charge in [-0.05, 0) is 56.9 Å². The molecule has 2 aromatic rings. The summed E-state index contributed by atoms with van der Waals surface area (Å²) in [6.45, 7) is 8.08. The molecule has 1 spiro atoms. The summed E-state index contributed by atoms with van der Waals surface area (Å²) >= 11 is 1.20. The number of hydrogen-bond donors (Lipinski definition) is 0. The summed E-state index contributed by atoms with van der Waals surface area (Å²) < 4.78 is 40.3. The predicted molar refractivity (Wildman–Crippen MR) is 119 cm³/mol. The van der Waals surface area contributed by atoms with E-state index in [0.717, 1.165) is 35.4 Å². The molecule has 4 nitrogen and oxygen atoms in total. The van der Waals surface area contributed by atoms with Crippen molar-refractivity contribution in [2.24, 2.45) is 0 Å². The number of carbonyl (C=O) groups excluding carboxylic acids is 2. The summed E-state index contributed by atoms with van der Waals surface area (Å²) in [6.07, 6.45) is -3.79. The van der Waals surface area contributed by atoms with Crippen LogP contribution in [0.25, 0.3) is 0 Å². The molecule has 2 atom stereocenters. The third kappa shape index (κ3) is 2.71. The van der Waals surface area contributed by atoms with Crippen LogP contribution in [-0.4, -0.2) is 23.1 Å². The van der Waals surface area contributed by atoms with E-state index in [1.54, 1.807) is 4.90 Å². The monoisotopic (exact) mass is 460 g/mol. The molecule has 3 aliphatic heterocycles. The normalized spacial score (nSPS) is 26.3. The molecule has 8 heteroatoms. The first-order valence-electron chi connectivity index (χ1n) is 10.5. The molecule has 1 fully saturated rings. The second-order valence-corrected chi connectivity index (χ2v) is 10.7. The molecule has 32 heavy (non-hydrogen) atoms. The zero-order valence-electron chi connectivity index (χ0n) is 18.2. The SMILES string of the molecule is Cc1cc2c3c(c1)[C@]1(SCC(=O)N1c1cccc(C(F)(F)F)c1)C(=O)N3C(C)(C)C[C@@H]2C. The number of anilines is 2. The van der Waals surface area contributed by atoms with Gasteiger partial charge in [0.25, 0.3) is 5.91 Å². The fourth-order valence-corrected chi connectivity index (χ4v) is 6.88. The molecule has 3 heterocycles. The number of benzene rings is 2. The second kappa shape index (κ2) is 6.53. The standard InChI is InChI=1S/C24H23F3N2O2S/c1-13-8-17-14(2)11-22(3,4)29-20(17)18(9-13)23(21(29)31)28(19(30)12-32-23)16-7-5-6-15(10-16)24(25,26)27/h5-10,14H,11-12H2,1-4H3/t14-,23-/m0/s1.